The van der Waals surface area contributed by atoms with Crippen LogP contribution in [0.15, 0.2) is 66.5 Å². The Hall–Kier alpha value is -2.32. The average molecular weight is 399 g/mol. The fraction of sp³-hybridized carbons (Fsp3) is 0.118. The van der Waals surface area contributed by atoms with Crippen LogP contribution in [0.5, 0.6) is 0 Å². The fourth-order valence-corrected chi connectivity index (χ4v) is 2.89. The Labute approximate surface area is 158 Å². The van der Waals surface area contributed by atoms with Gasteiger partial charge in [0, 0.05) is 17.6 Å². The molecular weight excluding hydrogens is 385 g/mol. The molecule has 0 amide bonds. The van der Waals surface area contributed by atoms with Gasteiger partial charge in [0.25, 0.3) is 0 Å². The Balaban J connectivity index is 0.00000243. The molecule has 1 aromatic carbocycles. The molecule has 2 heterocycles. The van der Waals surface area contributed by atoms with Crippen molar-refractivity contribution in [3.63, 3.8) is 0 Å². The second-order valence-electron chi connectivity index (χ2n) is 5.00. The van der Waals surface area contributed by atoms with E-state index in [1.807, 2.05) is 30.3 Å². The number of hydrogen-bond donors (Lipinski definition) is 0. The molecule has 26 heavy (non-hydrogen) atoms. The summed E-state index contributed by atoms with van der Waals surface area (Å²) in [5.74, 6) is 0.852. The highest BCUT2D eigenvalue weighted by Gasteiger charge is 2.31. The van der Waals surface area contributed by atoms with Gasteiger partial charge in [-0.1, -0.05) is 36.0 Å². The molecule has 0 saturated carbocycles. The van der Waals surface area contributed by atoms with E-state index in [2.05, 4.69) is 21.8 Å². The fourth-order valence-electron chi connectivity index (χ4n) is 2.20. The maximum atomic E-state index is 13.0. The largest absolute Gasteiger partial charge is 0.416 e. The van der Waals surface area contributed by atoms with Crippen molar-refractivity contribution in [3.05, 3.63) is 66.9 Å². The van der Waals surface area contributed by atoms with Gasteiger partial charge in [-0.05, 0) is 24.3 Å². The Kier molecular flexibility index (Phi) is 6.44. The Morgan fingerprint density at radius 3 is 2.50 bits per heavy atom. The summed E-state index contributed by atoms with van der Waals surface area (Å²) >= 11 is 1.39. The predicted molar refractivity (Wildman–Crippen MR) is 97.8 cm³/mol. The lowest BCUT2D eigenvalue weighted by atomic mass is 10.2. The van der Waals surface area contributed by atoms with Gasteiger partial charge in [0.15, 0.2) is 11.0 Å². The molecule has 2 aromatic heterocycles. The highest BCUT2D eigenvalue weighted by atomic mass is 35.5. The molecule has 9 heteroatoms. The molecule has 0 N–H and O–H groups in total. The van der Waals surface area contributed by atoms with Crippen LogP contribution in [0.3, 0.4) is 0 Å². The first kappa shape index (κ1) is 20.0. The number of halogens is 4. The van der Waals surface area contributed by atoms with Gasteiger partial charge in [0.2, 0.25) is 0 Å². The second kappa shape index (κ2) is 8.37. The molecule has 4 nitrogen and oxygen atoms in total. The van der Waals surface area contributed by atoms with Gasteiger partial charge in [-0.3, -0.25) is 9.55 Å². The van der Waals surface area contributed by atoms with Crippen molar-refractivity contribution >= 4 is 24.2 Å². The van der Waals surface area contributed by atoms with Crippen LogP contribution in [0.4, 0.5) is 13.2 Å². The van der Waals surface area contributed by atoms with Crippen molar-refractivity contribution in [2.24, 2.45) is 0 Å². The third kappa shape index (κ3) is 4.25. The molecule has 0 aliphatic carbocycles. The second-order valence-corrected chi connectivity index (χ2v) is 5.99. The summed E-state index contributed by atoms with van der Waals surface area (Å²) in [4.78, 5) is 4.05. The number of para-hydroxylation sites is 1. The van der Waals surface area contributed by atoms with Crippen molar-refractivity contribution in [3.8, 4) is 17.2 Å². The number of rotatable bonds is 5. The maximum absolute atomic E-state index is 13.0. The van der Waals surface area contributed by atoms with Gasteiger partial charge in [-0.2, -0.15) is 13.2 Å². The van der Waals surface area contributed by atoms with Crippen molar-refractivity contribution in [2.45, 2.75) is 11.3 Å². The molecule has 0 aliphatic rings. The third-order valence-electron chi connectivity index (χ3n) is 3.29. The number of pyridine rings is 1. The number of thioether (sulfide) groups is 1. The highest BCUT2D eigenvalue weighted by Crippen LogP contribution is 2.32. The zero-order valence-electron chi connectivity index (χ0n) is 13.3. The minimum Gasteiger partial charge on any atom is -0.269 e. The first-order valence-corrected chi connectivity index (χ1v) is 8.27. The van der Waals surface area contributed by atoms with Crippen LogP contribution in [-0.2, 0) is 6.18 Å². The van der Waals surface area contributed by atoms with Crippen LogP contribution in [0.1, 0.15) is 5.56 Å². The van der Waals surface area contributed by atoms with E-state index < -0.39 is 11.7 Å². The molecule has 0 spiro atoms. The summed E-state index contributed by atoms with van der Waals surface area (Å²) < 4.78 is 40.7. The van der Waals surface area contributed by atoms with Crippen LogP contribution < -0.4 is 0 Å². The van der Waals surface area contributed by atoms with E-state index in [1.54, 1.807) is 10.6 Å². The van der Waals surface area contributed by atoms with Gasteiger partial charge >= 0.3 is 6.18 Å². The zero-order chi connectivity index (χ0) is 17.9. The molecule has 3 rings (SSSR count). The average Bonchev–Trinajstić information content (AvgIpc) is 3.04. The van der Waals surface area contributed by atoms with E-state index in [-0.39, 0.29) is 23.9 Å². The SMILES string of the molecule is C=CCSc1nnc(-c2cc(C(F)(F)F)ccn2)n1-c1ccccc1.Cl. The molecule has 0 bridgehead atoms. The predicted octanol–water partition coefficient (Wildman–Crippen LogP) is 5.05. The van der Waals surface area contributed by atoms with Crippen molar-refractivity contribution in [1.29, 1.82) is 0 Å². The van der Waals surface area contributed by atoms with Crippen molar-refractivity contribution < 1.29 is 13.2 Å². The van der Waals surface area contributed by atoms with E-state index in [4.69, 9.17) is 0 Å². The normalized spacial score (nSPS) is 11.0. The molecule has 3 aromatic rings. The quantitative estimate of drug-likeness (QED) is 0.445. The summed E-state index contributed by atoms with van der Waals surface area (Å²) in [6.45, 7) is 3.67. The molecule has 0 atom stereocenters. The third-order valence-corrected chi connectivity index (χ3v) is 4.22. The number of nitrogens with zero attached hydrogens (tertiary/aromatic N) is 4. The smallest absolute Gasteiger partial charge is 0.269 e. The Morgan fingerprint density at radius 2 is 1.85 bits per heavy atom. The first-order valence-electron chi connectivity index (χ1n) is 7.29. The number of benzene rings is 1. The van der Waals surface area contributed by atoms with E-state index in [0.29, 0.717) is 10.9 Å². The monoisotopic (exact) mass is 398 g/mol. The topological polar surface area (TPSA) is 43.6 Å². The van der Waals surface area contributed by atoms with Gasteiger partial charge in [0.05, 0.1) is 5.56 Å². The van der Waals surface area contributed by atoms with Crippen LogP contribution in [0.25, 0.3) is 17.2 Å². The minimum atomic E-state index is -4.45. The minimum absolute atomic E-state index is 0. The van der Waals surface area contributed by atoms with Gasteiger partial charge in [-0.25, -0.2) is 0 Å². The number of aromatic nitrogens is 4. The highest BCUT2D eigenvalue weighted by molar-refractivity contribution is 7.99. The molecule has 0 unspecified atom stereocenters. The number of hydrogen-bond acceptors (Lipinski definition) is 4. The van der Waals surface area contributed by atoms with Crippen molar-refractivity contribution in [1.82, 2.24) is 19.7 Å². The Morgan fingerprint density at radius 1 is 1.12 bits per heavy atom. The van der Waals surface area contributed by atoms with E-state index in [9.17, 15) is 13.2 Å². The summed E-state index contributed by atoms with van der Waals surface area (Å²) in [6, 6.07) is 11.1. The molecule has 0 aliphatic heterocycles. The van der Waals surface area contributed by atoms with Crippen LogP contribution in [0.2, 0.25) is 0 Å². The van der Waals surface area contributed by atoms with Gasteiger partial charge in [-0.15, -0.1) is 29.2 Å². The van der Waals surface area contributed by atoms with Crippen LogP contribution in [-0.4, -0.2) is 25.5 Å². The van der Waals surface area contributed by atoms with Gasteiger partial charge < -0.3 is 0 Å². The molecular formula is C17H14ClF3N4S. The standard InChI is InChI=1S/C17H13F3N4S.ClH/c1-2-10-25-16-23-22-15(24(16)13-6-4-3-5-7-13)14-11-12(8-9-21-14)17(18,19)20;/h2-9,11H,1,10H2;1H. The summed E-state index contributed by atoms with van der Waals surface area (Å²) in [5.41, 5.74) is 0.0744. The van der Waals surface area contributed by atoms with Crippen molar-refractivity contribution in [2.75, 3.05) is 5.75 Å². The summed E-state index contributed by atoms with van der Waals surface area (Å²) in [6.07, 6.45) is -1.61. The lowest BCUT2D eigenvalue weighted by molar-refractivity contribution is -0.137. The zero-order valence-corrected chi connectivity index (χ0v) is 15.0. The molecule has 0 saturated heterocycles. The van der Waals surface area contributed by atoms with E-state index in [0.717, 1.165) is 24.0 Å². The molecule has 136 valence electrons. The Bertz CT molecular complexity index is 881. The summed E-state index contributed by atoms with van der Waals surface area (Å²) in [7, 11) is 0. The lowest BCUT2D eigenvalue weighted by Gasteiger charge is -2.11. The maximum Gasteiger partial charge on any atom is 0.416 e. The lowest BCUT2D eigenvalue weighted by Crippen LogP contribution is -2.06. The van der Waals surface area contributed by atoms with Gasteiger partial charge in [0.1, 0.15) is 5.69 Å². The first-order chi connectivity index (χ1) is 12.0. The summed E-state index contributed by atoms with van der Waals surface area (Å²) in [5, 5.41) is 8.73. The number of alkyl halides is 3. The van der Waals surface area contributed by atoms with E-state index >= 15 is 0 Å². The van der Waals surface area contributed by atoms with E-state index in [1.165, 1.54) is 11.8 Å². The van der Waals surface area contributed by atoms with Crippen LogP contribution >= 0.6 is 24.2 Å². The van der Waals surface area contributed by atoms with Crippen LogP contribution in [0, 0.1) is 0 Å². The molecule has 0 fully saturated rings. The molecule has 0 radical (unpaired) electrons.